The van der Waals surface area contributed by atoms with Crippen molar-refractivity contribution in [3.05, 3.63) is 70.0 Å². The first kappa shape index (κ1) is 26.7. The standard InChI is InChI=1S/C24H28N6O5S/c1-5-29-22(21(15(2)3)26-23(32)16-7-6-8-18(13-16)30(33)34)27-28-24(29)36-14-20(31)25-17-9-11-19(35-4)12-10-17/h6-13,15,21H,5,14H2,1-4H3,(H,25,31)(H,26,32)/t21-/m1/s1. The van der Waals surface area contributed by atoms with Crippen molar-refractivity contribution in [2.45, 2.75) is 38.5 Å². The summed E-state index contributed by atoms with van der Waals surface area (Å²) in [7, 11) is 1.57. The van der Waals surface area contributed by atoms with Crippen molar-refractivity contribution in [2.24, 2.45) is 5.92 Å². The molecule has 0 saturated carbocycles. The average Bonchev–Trinajstić information content (AvgIpc) is 3.28. The zero-order valence-electron chi connectivity index (χ0n) is 20.4. The lowest BCUT2D eigenvalue weighted by Crippen LogP contribution is -2.33. The van der Waals surface area contributed by atoms with E-state index in [1.165, 1.54) is 36.0 Å². The van der Waals surface area contributed by atoms with Crippen molar-refractivity contribution < 1.29 is 19.2 Å². The van der Waals surface area contributed by atoms with Crippen LogP contribution in [0.1, 0.15) is 43.0 Å². The van der Waals surface area contributed by atoms with Crippen molar-refractivity contribution >= 4 is 35.0 Å². The molecule has 0 aliphatic heterocycles. The molecule has 12 heteroatoms. The Morgan fingerprint density at radius 1 is 1.17 bits per heavy atom. The van der Waals surface area contributed by atoms with Gasteiger partial charge in [-0.1, -0.05) is 31.7 Å². The number of aromatic nitrogens is 3. The number of carbonyl (C=O) groups excluding carboxylic acids is 2. The van der Waals surface area contributed by atoms with E-state index in [2.05, 4.69) is 20.8 Å². The quantitative estimate of drug-likeness (QED) is 0.222. The van der Waals surface area contributed by atoms with Gasteiger partial charge in [-0.05, 0) is 43.2 Å². The molecule has 1 heterocycles. The van der Waals surface area contributed by atoms with Crippen LogP contribution in [-0.4, -0.2) is 44.4 Å². The fourth-order valence-corrected chi connectivity index (χ4v) is 4.26. The van der Waals surface area contributed by atoms with E-state index in [9.17, 15) is 19.7 Å². The maximum Gasteiger partial charge on any atom is 0.270 e. The van der Waals surface area contributed by atoms with Gasteiger partial charge in [0.15, 0.2) is 11.0 Å². The van der Waals surface area contributed by atoms with Crippen molar-refractivity contribution in [1.82, 2.24) is 20.1 Å². The van der Waals surface area contributed by atoms with Crippen molar-refractivity contribution in [3.8, 4) is 5.75 Å². The van der Waals surface area contributed by atoms with Gasteiger partial charge >= 0.3 is 0 Å². The molecule has 0 saturated heterocycles. The van der Waals surface area contributed by atoms with Gasteiger partial charge in [0.25, 0.3) is 11.6 Å². The predicted molar refractivity (Wildman–Crippen MR) is 136 cm³/mol. The van der Waals surface area contributed by atoms with Crippen LogP contribution in [0.2, 0.25) is 0 Å². The molecule has 1 atom stereocenters. The van der Waals surface area contributed by atoms with Crippen LogP contribution in [0.4, 0.5) is 11.4 Å². The number of nitro benzene ring substituents is 1. The lowest BCUT2D eigenvalue weighted by Gasteiger charge is -2.22. The molecule has 36 heavy (non-hydrogen) atoms. The normalized spacial score (nSPS) is 11.7. The highest BCUT2D eigenvalue weighted by Crippen LogP contribution is 2.26. The molecule has 0 spiro atoms. The van der Waals surface area contributed by atoms with Gasteiger partial charge in [-0.15, -0.1) is 10.2 Å². The van der Waals surface area contributed by atoms with Gasteiger partial charge in [-0.3, -0.25) is 19.7 Å². The van der Waals surface area contributed by atoms with Crippen LogP contribution in [-0.2, 0) is 11.3 Å². The number of hydrogen-bond donors (Lipinski definition) is 2. The molecule has 2 amide bonds. The molecule has 0 aliphatic rings. The van der Waals surface area contributed by atoms with E-state index in [1.54, 1.807) is 31.4 Å². The minimum atomic E-state index is -0.543. The molecule has 0 unspecified atom stereocenters. The summed E-state index contributed by atoms with van der Waals surface area (Å²) in [5.41, 5.74) is 0.678. The number of ether oxygens (including phenoxy) is 1. The SMILES string of the molecule is CCn1c(SCC(=O)Nc2ccc(OC)cc2)nnc1[C@H](NC(=O)c1cccc([N+](=O)[O-])c1)C(C)C. The summed E-state index contributed by atoms with van der Waals surface area (Å²) in [6, 6.07) is 12.1. The highest BCUT2D eigenvalue weighted by Gasteiger charge is 2.26. The van der Waals surface area contributed by atoms with Crippen LogP contribution < -0.4 is 15.4 Å². The number of nitrogens with zero attached hydrogens (tertiary/aromatic N) is 4. The molecule has 3 rings (SSSR count). The number of methoxy groups -OCH3 is 1. The summed E-state index contributed by atoms with van der Waals surface area (Å²) in [5.74, 6) is 0.676. The number of nitro groups is 1. The lowest BCUT2D eigenvalue weighted by atomic mass is 10.0. The van der Waals surface area contributed by atoms with Crippen LogP contribution in [0.3, 0.4) is 0 Å². The fourth-order valence-electron chi connectivity index (χ4n) is 3.45. The molecule has 3 aromatic rings. The van der Waals surface area contributed by atoms with Gasteiger partial charge in [0.05, 0.1) is 23.8 Å². The second-order valence-electron chi connectivity index (χ2n) is 8.15. The monoisotopic (exact) mass is 512 g/mol. The number of carbonyl (C=O) groups is 2. The summed E-state index contributed by atoms with van der Waals surface area (Å²) in [6.07, 6.45) is 0. The zero-order chi connectivity index (χ0) is 26.2. The largest absolute Gasteiger partial charge is 0.497 e. The summed E-state index contributed by atoms with van der Waals surface area (Å²) in [5, 5.41) is 25.9. The van der Waals surface area contributed by atoms with Crippen molar-refractivity contribution in [2.75, 3.05) is 18.2 Å². The molecule has 0 aliphatic carbocycles. The molecular formula is C24H28N6O5S. The van der Waals surface area contributed by atoms with Crippen LogP contribution in [0.5, 0.6) is 5.75 Å². The Balaban J connectivity index is 1.71. The third kappa shape index (κ3) is 6.60. The molecule has 190 valence electrons. The highest BCUT2D eigenvalue weighted by molar-refractivity contribution is 7.99. The number of benzene rings is 2. The van der Waals surface area contributed by atoms with Gasteiger partial charge in [-0.25, -0.2) is 0 Å². The highest BCUT2D eigenvalue weighted by atomic mass is 32.2. The van der Waals surface area contributed by atoms with E-state index in [0.29, 0.717) is 29.0 Å². The summed E-state index contributed by atoms with van der Waals surface area (Å²) in [6.45, 7) is 6.32. The Hall–Kier alpha value is -3.93. The molecule has 11 nitrogen and oxygen atoms in total. The minimum absolute atomic E-state index is 0.0432. The number of thioether (sulfide) groups is 1. The average molecular weight is 513 g/mol. The maximum atomic E-state index is 12.9. The van der Waals surface area contributed by atoms with Gasteiger partial charge < -0.3 is 19.9 Å². The number of rotatable bonds is 11. The van der Waals surface area contributed by atoms with E-state index < -0.39 is 16.9 Å². The van der Waals surface area contributed by atoms with Crippen LogP contribution in [0, 0.1) is 16.0 Å². The third-order valence-corrected chi connectivity index (χ3v) is 6.29. The molecule has 2 N–H and O–H groups in total. The number of nitrogens with one attached hydrogen (secondary N) is 2. The van der Waals surface area contributed by atoms with Gasteiger partial charge in [0.2, 0.25) is 5.91 Å². The zero-order valence-corrected chi connectivity index (χ0v) is 21.2. The Bertz CT molecular complexity index is 1230. The smallest absolute Gasteiger partial charge is 0.270 e. The lowest BCUT2D eigenvalue weighted by molar-refractivity contribution is -0.384. The molecule has 2 aromatic carbocycles. The second kappa shape index (κ2) is 12.2. The van der Waals surface area contributed by atoms with Crippen molar-refractivity contribution in [1.29, 1.82) is 0 Å². The van der Waals surface area contributed by atoms with Crippen molar-refractivity contribution in [3.63, 3.8) is 0 Å². The third-order valence-electron chi connectivity index (χ3n) is 5.32. The molecule has 1 aromatic heterocycles. The Morgan fingerprint density at radius 2 is 1.89 bits per heavy atom. The summed E-state index contributed by atoms with van der Waals surface area (Å²) in [4.78, 5) is 35.9. The topological polar surface area (TPSA) is 141 Å². The van der Waals surface area contributed by atoms with E-state index >= 15 is 0 Å². The molecule has 0 radical (unpaired) electrons. The Morgan fingerprint density at radius 3 is 2.50 bits per heavy atom. The summed E-state index contributed by atoms with van der Waals surface area (Å²) < 4.78 is 6.97. The predicted octanol–water partition coefficient (Wildman–Crippen LogP) is 4.07. The van der Waals surface area contributed by atoms with Gasteiger partial charge in [0.1, 0.15) is 5.75 Å². The first-order chi connectivity index (χ1) is 17.2. The number of non-ortho nitro benzene ring substituents is 1. The number of hydrogen-bond acceptors (Lipinski definition) is 8. The number of amides is 2. The Kier molecular flexibility index (Phi) is 9.01. The summed E-state index contributed by atoms with van der Waals surface area (Å²) >= 11 is 1.24. The van der Waals surface area contributed by atoms with E-state index in [4.69, 9.17) is 4.74 Å². The molecular weight excluding hydrogens is 484 g/mol. The minimum Gasteiger partial charge on any atom is -0.497 e. The van der Waals surface area contributed by atoms with Gasteiger partial charge in [-0.2, -0.15) is 0 Å². The Labute approximate surface area is 212 Å². The van der Waals surface area contributed by atoms with E-state index in [0.717, 1.165) is 0 Å². The first-order valence-electron chi connectivity index (χ1n) is 11.3. The van der Waals surface area contributed by atoms with Crippen LogP contribution >= 0.6 is 11.8 Å². The number of anilines is 1. The van der Waals surface area contributed by atoms with Crippen LogP contribution in [0.15, 0.2) is 53.7 Å². The van der Waals surface area contributed by atoms with Gasteiger partial charge in [0, 0.05) is 29.9 Å². The first-order valence-corrected chi connectivity index (χ1v) is 12.3. The second-order valence-corrected chi connectivity index (χ2v) is 9.10. The van der Waals surface area contributed by atoms with E-state index in [1.807, 2.05) is 25.3 Å². The fraction of sp³-hybridized carbons (Fsp3) is 0.333. The maximum absolute atomic E-state index is 12.9. The molecule has 0 bridgehead atoms. The molecule has 0 fully saturated rings. The van der Waals surface area contributed by atoms with Crippen LogP contribution in [0.25, 0.3) is 0 Å². The van der Waals surface area contributed by atoms with E-state index in [-0.39, 0.29) is 28.8 Å².